The first-order chi connectivity index (χ1) is 29.4. The van der Waals surface area contributed by atoms with Crippen molar-refractivity contribution in [2.24, 2.45) is 0 Å². The van der Waals surface area contributed by atoms with Crippen LogP contribution in [0.25, 0.3) is 87.6 Å². The molecule has 0 unspecified atom stereocenters. The second-order valence-electron chi connectivity index (χ2n) is 14.2. The van der Waals surface area contributed by atoms with E-state index in [1.807, 2.05) is 89.8 Å². The van der Waals surface area contributed by atoms with Gasteiger partial charge in [-0.15, -0.1) is 0 Å². The van der Waals surface area contributed by atoms with E-state index in [1.165, 1.54) is 16.3 Å². The van der Waals surface area contributed by atoms with Gasteiger partial charge in [0.25, 0.3) is 0 Å². The van der Waals surface area contributed by atoms with Crippen molar-refractivity contribution >= 4 is 71.3 Å². The summed E-state index contributed by atoms with van der Waals surface area (Å²) in [7, 11) is 0. The molecule has 0 aliphatic rings. The lowest BCUT2D eigenvalue weighted by Crippen LogP contribution is -2.10. The van der Waals surface area contributed by atoms with Crippen LogP contribution in [-0.4, -0.2) is 0 Å². The number of fused-ring (bicyclic) bond motifs is 7. The maximum Gasteiger partial charge on any atom is 0.143 e. The lowest BCUT2D eigenvalue weighted by molar-refractivity contribution is 0.672. The molecule has 0 N–H and O–H groups in total. The summed E-state index contributed by atoms with van der Waals surface area (Å²) >= 11 is 0. The molecule has 56 heavy (non-hydrogen) atoms. The Morgan fingerprint density at radius 1 is 0.393 bits per heavy atom. The smallest absolute Gasteiger partial charge is 0.143 e. The van der Waals surface area contributed by atoms with Gasteiger partial charge in [-0.1, -0.05) is 170 Å². The zero-order valence-corrected chi connectivity index (χ0v) is 30.3. The van der Waals surface area contributed by atoms with Crippen molar-refractivity contribution in [3.05, 3.63) is 212 Å². The van der Waals surface area contributed by atoms with Crippen LogP contribution in [0.15, 0.2) is 217 Å². The quantitative estimate of drug-likeness (QED) is 0.170. The first kappa shape index (κ1) is 28.1. The minimum absolute atomic E-state index is 0.000655. The highest BCUT2D eigenvalue weighted by molar-refractivity contribution is 6.19. The molecule has 0 spiro atoms. The number of furan rings is 1. The number of nitrogens with zero attached hydrogens (tertiary/aromatic N) is 1. The number of hydrogen-bond acceptors (Lipinski definition) is 2. The van der Waals surface area contributed by atoms with Crippen molar-refractivity contribution in [1.82, 2.24) is 0 Å². The molecule has 262 valence electrons. The van der Waals surface area contributed by atoms with Gasteiger partial charge in [0.05, 0.1) is 16.6 Å². The van der Waals surface area contributed by atoms with Gasteiger partial charge < -0.3 is 9.32 Å². The highest BCUT2D eigenvalue weighted by Gasteiger charge is 2.21. The summed E-state index contributed by atoms with van der Waals surface area (Å²) in [4.78, 5) is 1.91. The van der Waals surface area contributed by atoms with Crippen molar-refractivity contribution in [3.8, 4) is 33.4 Å². The van der Waals surface area contributed by atoms with E-state index >= 15 is 0 Å². The van der Waals surface area contributed by atoms with Crippen molar-refractivity contribution in [1.29, 1.82) is 0 Å². The molecule has 0 amide bonds. The molecule has 0 bridgehead atoms. The molecule has 1 heterocycles. The van der Waals surface area contributed by atoms with Gasteiger partial charge in [0.2, 0.25) is 0 Å². The standard InChI is InChI=1S/C54H35NO/c1-4-18-45-38(11-1)14-8-21-47(45)41-27-25-36(26-28-41)37-29-32-43(33-30-37)55(44-17-7-16-42(35-44)48-22-9-15-39-12-2-5-19-46(39)48)51-23-10-24-52-53(51)50-34-31-40-13-3-6-20-49(40)54(50)56-52/h1-35H/i7D,16D,17D,35D. The Kier molecular flexibility index (Phi) is 6.60. The zero-order chi connectivity index (χ0) is 40.5. The highest BCUT2D eigenvalue weighted by Crippen LogP contribution is 2.45. The largest absolute Gasteiger partial charge is 0.455 e. The molecule has 0 aliphatic heterocycles. The van der Waals surface area contributed by atoms with E-state index in [9.17, 15) is 5.48 Å². The maximum atomic E-state index is 9.94. The Balaban J connectivity index is 1.11. The molecule has 11 aromatic rings. The van der Waals surface area contributed by atoms with Gasteiger partial charge in [0, 0.05) is 22.1 Å². The van der Waals surface area contributed by atoms with E-state index < -0.39 is 0 Å². The molecule has 0 saturated heterocycles. The first-order valence-electron chi connectivity index (χ1n) is 20.8. The van der Waals surface area contributed by atoms with Crippen LogP contribution in [0.1, 0.15) is 5.48 Å². The van der Waals surface area contributed by atoms with Crippen LogP contribution in [0.5, 0.6) is 0 Å². The average molecular weight is 718 g/mol. The molecule has 0 radical (unpaired) electrons. The van der Waals surface area contributed by atoms with E-state index in [4.69, 9.17) is 4.42 Å². The normalized spacial score (nSPS) is 12.6. The minimum atomic E-state index is -0.243. The van der Waals surface area contributed by atoms with Crippen molar-refractivity contribution in [2.45, 2.75) is 0 Å². The topological polar surface area (TPSA) is 16.4 Å². The molecule has 0 atom stereocenters. The Bertz CT molecular complexity index is 3470. The lowest BCUT2D eigenvalue weighted by Gasteiger charge is -2.27. The molecule has 2 heteroatoms. The SMILES string of the molecule is [2H]c1c([2H])c(-c2cccc3ccccc23)c([2H])c(N(c2ccc(-c3ccc(-c4cccc5ccccc45)cc3)cc2)c2cccc3oc4c5ccccc5ccc4c23)c1[2H]. The molecule has 2 nitrogen and oxygen atoms in total. The fourth-order valence-electron chi connectivity index (χ4n) is 8.26. The molecule has 0 fully saturated rings. The third kappa shape index (κ3) is 5.34. The van der Waals surface area contributed by atoms with Crippen molar-refractivity contribution in [2.75, 3.05) is 4.90 Å². The van der Waals surface area contributed by atoms with Gasteiger partial charge in [-0.3, -0.25) is 0 Å². The third-order valence-electron chi connectivity index (χ3n) is 10.9. The molecule has 0 aliphatic carbocycles. The van der Waals surface area contributed by atoms with E-state index in [0.29, 0.717) is 28.1 Å². The molecule has 10 aromatic carbocycles. The molecule has 11 rings (SSSR count). The minimum Gasteiger partial charge on any atom is -0.455 e. The molecule has 0 saturated carbocycles. The lowest BCUT2D eigenvalue weighted by atomic mass is 9.96. The fourth-order valence-corrected chi connectivity index (χ4v) is 8.26. The van der Waals surface area contributed by atoms with Crippen molar-refractivity contribution < 1.29 is 9.90 Å². The van der Waals surface area contributed by atoms with Gasteiger partial charge in [-0.2, -0.15) is 0 Å². The second-order valence-corrected chi connectivity index (χ2v) is 14.2. The van der Waals surface area contributed by atoms with Crippen LogP contribution >= 0.6 is 0 Å². The summed E-state index contributed by atoms with van der Waals surface area (Å²) in [6.07, 6.45) is 0. The number of anilines is 3. The Hall–Kier alpha value is -7.42. The Morgan fingerprint density at radius 2 is 0.946 bits per heavy atom. The Labute approximate surface area is 330 Å². The monoisotopic (exact) mass is 717 g/mol. The van der Waals surface area contributed by atoms with Crippen LogP contribution in [0, 0.1) is 0 Å². The Morgan fingerprint density at radius 3 is 1.64 bits per heavy atom. The highest BCUT2D eigenvalue weighted by atomic mass is 16.3. The van der Waals surface area contributed by atoms with Crippen LogP contribution in [0.4, 0.5) is 17.1 Å². The number of hydrogen-bond donors (Lipinski definition) is 0. The summed E-state index contributed by atoms with van der Waals surface area (Å²) in [6.45, 7) is 0. The molecular formula is C54H35NO. The number of benzene rings is 10. The second kappa shape index (κ2) is 13.2. The predicted molar refractivity (Wildman–Crippen MR) is 237 cm³/mol. The van der Waals surface area contributed by atoms with Gasteiger partial charge >= 0.3 is 0 Å². The van der Waals surface area contributed by atoms with Gasteiger partial charge in [0.15, 0.2) is 0 Å². The fraction of sp³-hybridized carbons (Fsp3) is 0. The van der Waals surface area contributed by atoms with Crippen LogP contribution < -0.4 is 4.90 Å². The number of rotatable bonds is 6. The molecular weight excluding hydrogens is 679 g/mol. The van der Waals surface area contributed by atoms with Gasteiger partial charge in [0.1, 0.15) is 11.2 Å². The molecule has 1 aromatic heterocycles. The van der Waals surface area contributed by atoms with E-state index in [1.54, 1.807) is 0 Å². The summed E-state index contributed by atoms with van der Waals surface area (Å²) in [6, 6.07) is 62.9. The summed E-state index contributed by atoms with van der Waals surface area (Å²) in [5, 5.41) is 8.06. The van der Waals surface area contributed by atoms with Gasteiger partial charge in [-0.25, -0.2) is 0 Å². The first-order valence-corrected chi connectivity index (χ1v) is 18.8. The van der Waals surface area contributed by atoms with E-state index in [2.05, 4.69) is 103 Å². The summed E-state index contributed by atoms with van der Waals surface area (Å²) in [5.74, 6) is 0. The van der Waals surface area contributed by atoms with E-state index in [-0.39, 0.29) is 29.9 Å². The van der Waals surface area contributed by atoms with Crippen LogP contribution in [0.3, 0.4) is 0 Å². The zero-order valence-electron chi connectivity index (χ0n) is 34.3. The van der Waals surface area contributed by atoms with Crippen molar-refractivity contribution in [3.63, 3.8) is 0 Å². The summed E-state index contributed by atoms with van der Waals surface area (Å²) in [5.41, 5.74) is 8.44. The maximum absolute atomic E-state index is 9.94. The van der Waals surface area contributed by atoms with Crippen LogP contribution in [0.2, 0.25) is 0 Å². The third-order valence-corrected chi connectivity index (χ3v) is 10.9. The summed E-state index contributed by atoms with van der Waals surface area (Å²) < 4.78 is 44.5. The average Bonchev–Trinajstić information content (AvgIpc) is 3.70. The van der Waals surface area contributed by atoms with Crippen LogP contribution in [-0.2, 0) is 0 Å². The van der Waals surface area contributed by atoms with E-state index in [0.717, 1.165) is 54.6 Å². The predicted octanol–water partition coefficient (Wildman–Crippen LogP) is 15.5. The van der Waals surface area contributed by atoms with Gasteiger partial charge in [-0.05, 0) is 103 Å².